The third kappa shape index (κ3) is 4.89. The zero-order valence-electron chi connectivity index (χ0n) is 17.4. The number of hydrogen-bond acceptors (Lipinski definition) is 6. The summed E-state index contributed by atoms with van der Waals surface area (Å²) in [5, 5.41) is 3.32. The first-order valence-corrected chi connectivity index (χ1v) is 12.3. The van der Waals surface area contributed by atoms with Gasteiger partial charge in [0.05, 0.1) is 4.90 Å². The van der Waals surface area contributed by atoms with Crippen LogP contribution in [0, 0.1) is 13.8 Å². The van der Waals surface area contributed by atoms with Gasteiger partial charge in [-0.25, -0.2) is 13.4 Å². The van der Waals surface area contributed by atoms with Crippen LogP contribution < -0.4 is 10.2 Å². The van der Waals surface area contributed by atoms with Crippen molar-refractivity contribution in [2.75, 3.05) is 36.4 Å². The van der Waals surface area contributed by atoms with Crippen LogP contribution in [-0.2, 0) is 10.0 Å². The summed E-state index contributed by atoms with van der Waals surface area (Å²) in [4.78, 5) is 11.6. The Hall–Kier alpha value is -2.49. The van der Waals surface area contributed by atoms with Crippen molar-refractivity contribution in [1.29, 1.82) is 0 Å². The zero-order chi connectivity index (χ0) is 22.0. The number of anilines is 3. The minimum absolute atomic E-state index is 0.292. The summed E-state index contributed by atoms with van der Waals surface area (Å²) in [6, 6.07) is 16.9. The molecule has 0 atom stereocenters. The summed E-state index contributed by atoms with van der Waals surface area (Å²) in [5.74, 6) is 1.32. The fraction of sp³-hybridized carbons (Fsp3) is 0.273. The van der Waals surface area contributed by atoms with Crippen LogP contribution in [0.1, 0.15) is 11.3 Å². The molecule has 31 heavy (non-hydrogen) atoms. The molecular weight excluding hydrogens is 478 g/mol. The number of piperazine rings is 1. The highest BCUT2D eigenvalue weighted by molar-refractivity contribution is 9.10. The molecule has 0 unspecified atom stereocenters. The summed E-state index contributed by atoms with van der Waals surface area (Å²) in [6.45, 7) is 5.78. The first-order chi connectivity index (χ1) is 14.8. The minimum atomic E-state index is -3.55. The van der Waals surface area contributed by atoms with Crippen molar-refractivity contribution in [2.24, 2.45) is 0 Å². The molecule has 0 saturated carbocycles. The quantitative estimate of drug-likeness (QED) is 0.566. The molecule has 0 amide bonds. The summed E-state index contributed by atoms with van der Waals surface area (Å²) in [6.07, 6.45) is 0. The van der Waals surface area contributed by atoms with Gasteiger partial charge in [-0.3, -0.25) is 0 Å². The van der Waals surface area contributed by atoms with E-state index in [1.165, 1.54) is 9.87 Å². The lowest BCUT2D eigenvalue weighted by molar-refractivity contribution is 0.382. The minimum Gasteiger partial charge on any atom is -0.340 e. The molecule has 2 heterocycles. The highest BCUT2D eigenvalue weighted by Crippen LogP contribution is 2.26. The Morgan fingerprint density at radius 2 is 1.61 bits per heavy atom. The molecule has 0 spiro atoms. The zero-order valence-corrected chi connectivity index (χ0v) is 19.8. The average Bonchev–Trinajstić information content (AvgIpc) is 2.75. The van der Waals surface area contributed by atoms with Crippen LogP contribution in [0.5, 0.6) is 0 Å². The van der Waals surface area contributed by atoms with Gasteiger partial charge in [-0.2, -0.15) is 9.29 Å². The maximum Gasteiger partial charge on any atom is 0.244 e. The first-order valence-electron chi connectivity index (χ1n) is 10.0. The second-order valence-corrected chi connectivity index (χ2v) is 10.3. The van der Waals surface area contributed by atoms with E-state index >= 15 is 0 Å². The van der Waals surface area contributed by atoms with Gasteiger partial charge in [0.25, 0.3) is 0 Å². The van der Waals surface area contributed by atoms with E-state index in [0.29, 0.717) is 41.5 Å². The van der Waals surface area contributed by atoms with Crippen LogP contribution >= 0.6 is 15.9 Å². The van der Waals surface area contributed by atoms with Gasteiger partial charge >= 0.3 is 0 Å². The highest BCUT2D eigenvalue weighted by atomic mass is 79.9. The third-order valence-corrected chi connectivity index (χ3v) is 8.05. The normalized spacial score (nSPS) is 15.1. The van der Waals surface area contributed by atoms with Crippen molar-refractivity contribution < 1.29 is 8.42 Å². The van der Waals surface area contributed by atoms with Gasteiger partial charge in [0.2, 0.25) is 16.0 Å². The molecule has 0 aliphatic carbocycles. The first kappa shape index (κ1) is 21.7. The molecule has 0 bridgehead atoms. The van der Waals surface area contributed by atoms with E-state index in [-0.39, 0.29) is 0 Å². The van der Waals surface area contributed by atoms with E-state index < -0.39 is 10.0 Å². The van der Waals surface area contributed by atoms with Crippen molar-refractivity contribution in [3.8, 4) is 0 Å². The topological polar surface area (TPSA) is 78.4 Å². The van der Waals surface area contributed by atoms with Gasteiger partial charge in [0.15, 0.2) is 0 Å². The largest absolute Gasteiger partial charge is 0.340 e. The summed E-state index contributed by atoms with van der Waals surface area (Å²) in [5.41, 5.74) is 3.00. The number of rotatable bonds is 5. The van der Waals surface area contributed by atoms with Crippen molar-refractivity contribution in [3.63, 3.8) is 0 Å². The standard InChI is InChI=1S/C22H24BrN5O2S/c1-16-7-9-18(10-8-16)25-21-15-17(2)24-22(26-21)27-11-13-28(14-12-27)31(29,30)20-6-4-3-5-19(20)23/h3-10,15H,11-14H2,1-2H3,(H,24,25,26). The predicted octanol–water partition coefficient (Wildman–Crippen LogP) is 4.11. The van der Waals surface area contributed by atoms with Gasteiger partial charge < -0.3 is 10.2 Å². The van der Waals surface area contributed by atoms with Gasteiger partial charge in [0.1, 0.15) is 5.82 Å². The lowest BCUT2D eigenvalue weighted by atomic mass is 10.2. The van der Waals surface area contributed by atoms with Crippen LogP contribution in [0.3, 0.4) is 0 Å². The van der Waals surface area contributed by atoms with Crippen LogP contribution in [-0.4, -0.2) is 48.9 Å². The van der Waals surface area contributed by atoms with E-state index in [1.54, 1.807) is 24.3 Å². The smallest absolute Gasteiger partial charge is 0.244 e. The van der Waals surface area contributed by atoms with Gasteiger partial charge in [-0.1, -0.05) is 29.8 Å². The molecule has 0 radical (unpaired) electrons. The van der Waals surface area contributed by atoms with E-state index in [9.17, 15) is 8.42 Å². The lowest BCUT2D eigenvalue weighted by Crippen LogP contribution is -2.49. The summed E-state index contributed by atoms with van der Waals surface area (Å²) >= 11 is 3.35. The molecule has 162 valence electrons. The van der Waals surface area contributed by atoms with Crippen LogP contribution in [0.25, 0.3) is 0 Å². The molecule has 9 heteroatoms. The molecule has 3 aromatic rings. The number of aromatic nitrogens is 2. The molecular formula is C22H24BrN5O2S. The Labute approximate surface area is 191 Å². The third-order valence-electron chi connectivity index (χ3n) is 5.14. The molecule has 1 saturated heterocycles. The Balaban J connectivity index is 1.48. The Kier molecular flexibility index (Phi) is 6.27. The van der Waals surface area contributed by atoms with E-state index in [1.807, 2.05) is 49.1 Å². The maximum absolute atomic E-state index is 13.0. The number of nitrogens with zero attached hydrogens (tertiary/aromatic N) is 4. The van der Waals surface area contributed by atoms with Crippen molar-refractivity contribution in [2.45, 2.75) is 18.7 Å². The van der Waals surface area contributed by atoms with Crippen LogP contribution in [0.2, 0.25) is 0 Å². The number of hydrogen-bond donors (Lipinski definition) is 1. The molecule has 2 aromatic carbocycles. The van der Waals surface area contributed by atoms with Crippen molar-refractivity contribution >= 4 is 43.4 Å². The molecule has 1 fully saturated rings. The van der Waals surface area contributed by atoms with E-state index in [2.05, 4.69) is 31.2 Å². The number of halogens is 1. The number of nitrogens with one attached hydrogen (secondary N) is 1. The second-order valence-electron chi connectivity index (χ2n) is 7.51. The van der Waals surface area contributed by atoms with Crippen LogP contribution in [0.15, 0.2) is 64.0 Å². The molecule has 7 nitrogen and oxygen atoms in total. The van der Waals surface area contributed by atoms with Gasteiger partial charge in [0, 0.05) is 48.1 Å². The molecule has 1 N–H and O–H groups in total. The maximum atomic E-state index is 13.0. The van der Waals surface area contributed by atoms with E-state index in [4.69, 9.17) is 0 Å². The Bertz CT molecular complexity index is 1180. The van der Waals surface area contributed by atoms with Crippen molar-refractivity contribution in [1.82, 2.24) is 14.3 Å². The Morgan fingerprint density at radius 3 is 2.29 bits per heavy atom. The number of benzene rings is 2. The SMILES string of the molecule is Cc1ccc(Nc2cc(C)nc(N3CCN(S(=O)(=O)c4ccccc4Br)CC3)n2)cc1. The predicted molar refractivity (Wildman–Crippen MR) is 126 cm³/mol. The average molecular weight is 502 g/mol. The van der Waals surface area contributed by atoms with Crippen molar-refractivity contribution in [3.05, 3.63) is 70.3 Å². The number of aryl methyl sites for hydroxylation is 2. The molecule has 4 rings (SSSR count). The molecule has 1 aliphatic heterocycles. The summed E-state index contributed by atoms with van der Waals surface area (Å²) in [7, 11) is -3.55. The number of sulfonamides is 1. The second kappa shape index (κ2) is 8.94. The Morgan fingerprint density at radius 1 is 0.935 bits per heavy atom. The highest BCUT2D eigenvalue weighted by Gasteiger charge is 2.30. The van der Waals surface area contributed by atoms with E-state index in [0.717, 1.165) is 17.2 Å². The van der Waals surface area contributed by atoms with Gasteiger partial charge in [-0.15, -0.1) is 0 Å². The fourth-order valence-electron chi connectivity index (χ4n) is 3.46. The molecule has 1 aromatic heterocycles. The van der Waals surface area contributed by atoms with Gasteiger partial charge in [-0.05, 0) is 54.0 Å². The molecule has 1 aliphatic rings. The fourth-order valence-corrected chi connectivity index (χ4v) is 5.85. The lowest BCUT2D eigenvalue weighted by Gasteiger charge is -2.34. The summed E-state index contributed by atoms with van der Waals surface area (Å²) < 4.78 is 28.1. The monoisotopic (exact) mass is 501 g/mol. The van der Waals surface area contributed by atoms with Crippen LogP contribution in [0.4, 0.5) is 17.5 Å².